The van der Waals surface area contributed by atoms with Crippen molar-refractivity contribution in [3.05, 3.63) is 58.6 Å². The third-order valence-corrected chi connectivity index (χ3v) is 4.22. The Morgan fingerprint density at radius 1 is 1.16 bits per heavy atom. The standard InChI is InChI=1S/C18H19BrF2N2O2/c1-2-16(12-3-5-13(19)6-4-12)22-11-17(24)23-14-7-9-15(10-8-14)25-18(20)21/h3-10,16,18,22H,2,11H2,1H3,(H,23,24)/p+1/t16-/m1/s1. The molecule has 134 valence electrons. The van der Waals surface area contributed by atoms with E-state index in [1.807, 2.05) is 29.6 Å². The Kier molecular flexibility index (Phi) is 7.33. The van der Waals surface area contributed by atoms with E-state index in [-0.39, 0.29) is 24.2 Å². The Hall–Kier alpha value is -1.99. The fraction of sp³-hybridized carbons (Fsp3) is 0.278. The van der Waals surface area contributed by atoms with E-state index in [2.05, 4.69) is 32.9 Å². The van der Waals surface area contributed by atoms with Crippen LogP contribution in [0.1, 0.15) is 24.9 Å². The lowest BCUT2D eigenvalue weighted by atomic mass is 10.0. The number of halogens is 3. The van der Waals surface area contributed by atoms with E-state index in [4.69, 9.17) is 0 Å². The molecule has 0 spiro atoms. The maximum atomic E-state index is 12.1. The molecule has 0 saturated carbocycles. The molecule has 4 nitrogen and oxygen atoms in total. The van der Waals surface area contributed by atoms with Gasteiger partial charge < -0.3 is 15.4 Å². The Morgan fingerprint density at radius 3 is 2.36 bits per heavy atom. The molecule has 0 aromatic heterocycles. The lowest BCUT2D eigenvalue weighted by Gasteiger charge is -2.14. The molecule has 0 radical (unpaired) electrons. The van der Waals surface area contributed by atoms with E-state index in [0.717, 1.165) is 16.5 Å². The smallest absolute Gasteiger partial charge is 0.387 e. The molecule has 25 heavy (non-hydrogen) atoms. The summed E-state index contributed by atoms with van der Waals surface area (Å²) in [5, 5.41) is 4.72. The highest BCUT2D eigenvalue weighted by Crippen LogP contribution is 2.18. The van der Waals surface area contributed by atoms with Crippen LogP contribution in [0.5, 0.6) is 5.75 Å². The first-order valence-electron chi connectivity index (χ1n) is 7.91. The van der Waals surface area contributed by atoms with Gasteiger partial charge in [0.05, 0.1) is 0 Å². The monoisotopic (exact) mass is 413 g/mol. The van der Waals surface area contributed by atoms with Gasteiger partial charge in [-0.05, 0) is 36.4 Å². The average molecular weight is 414 g/mol. The predicted octanol–water partition coefficient (Wildman–Crippen LogP) is 3.70. The minimum atomic E-state index is -2.86. The summed E-state index contributed by atoms with van der Waals surface area (Å²) in [6.45, 7) is -0.521. The van der Waals surface area contributed by atoms with Crippen LogP contribution in [-0.4, -0.2) is 19.1 Å². The van der Waals surface area contributed by atoms with Crippen LogP contribution < -0.4 is 15.4 Å². The minimum Gasteiger partial charge on any atom is -0.435 e. The van der Waals surface area contributed by atoms with Gasteiger partial charge in [0.1, 0.15) is 11.8 Å². The van der Waals surface area contributed by atoms with Crippen LogP contribution >= 0.6 is 15.9 Å². The van der Waals surface area contributed by atoms with Gasteiger partial charge in [-0.2, -0.15) is 8.78 Å². The Bertz CT molecular complexity index is 678. The zero-order chi connectivity index (χ0) is 18.2. The van der Waals surface area contributed by atoms with Crippen LogP contribution in [-0.2, 0) is 4.79 Å². The van der Waals surface area contributed by atoms with Gasteiger partial charge in [0.25, 0.3) is 5.91 Å². The molecule has 0 heterocycles. The van der Waals surface area contributed by atoms with Crippen LogP contribution in [0.2, 0.25) is 0 Å². The third kappa shape index (κ3) is 6.43. The number of carbonyl (C=O) groups excluding carboxylic acids is 1. The summed E-state index contributed by atoms with van der Waals surface area (Å²) in [6, 6.07) is 14.1. The van der Waals surface area contributed by atoms with Crippen molar-refractivity contribution in [3.8, 4) is 5.75 Å². The maximum Gasteiger partial charge on any atom is 0.387 e. The molecular weight excluding hydrogens is 394 g/mol. The number of nitrogens with one attached hydrogen (secondary N) is 1. The first-order valence-corrected chi connectivity index (χ1v) is 8.70. The van der Waals surface area contributed by atoms with Gasteiger partial charge in [0.2, 0.25) is 0 Å². The molecule has 1 atom stereocenters. The molecule has 2 aromatic carbocycles. The van der Waals surface area contributed by atoms with Crippen molar-refractivity contribution in [2.24, 2.45) is 0 Å². The number of nitrogens with two attached hydrogens (primary N) is 1. The summed E-state index contributed by atoms with van der Waals surface area (Å²) in [6.07, 6.45) is 0.897. The number of ether oxygens (including phenoxy) is 1. The topological polar surface area (TPSA) is 54.9 Å². The number of carbonyl (C=O) groups is 1. The second-order valence-electron chi connectivity index (χ2n) is 5.46. The lowest BCUT2D eigenvalue weighted by molar-refractivity contribution is -0.686. The van der Waals surface area contributed by atoms with Crippen LogP contribution in [0.15, 0.2) is 53.0 Å². The molecule has 0 bridgehead atoms. The number of benzene rings is 2. The molecule has 7 heteroatoms. The SMILES string of the molecule is CC[C@@H]([NH2+]CC(=O)Nc1ccc(OC(F)F)cc1)c1ccc(Br)cc1. The van der Waals surface area contributed by atoms with Crippen molar-refractivity contribution in [1.29, 1.82) is 0 Å². The molecular formula is C18H20BrF2N2O2+. The van der Waals surface area contributed by atoms with Crippen molar-refractivity contribution in [2.45, 2.75) is 26.0 Å². The number of hydrogen-bond donors (Lipinski definition) is 2. The number of amides is 1. The van der Waals surface area contributed by atoms with Gasteiger partial charge in [-0.15, -0.1) is 0 Å². The summed E-state index contributed by atoms with van der Waals surface area (Å²) in [5.74, 6) is -0.0982. The molecule has 2 rings (SSSR count). The largest absolute Gasteiger partial charge is 0.435 e. The molecule has 0 aliphatic rings. The summed E-state index contributed by atoms with van der Waals surface area (Å²) >= 11 is 3.41. The lowest BCUT2D eigenvalue weighted by Crippen LogP contribution is -2.87. The molecule has 0 saturated heterocycles. The second kappa shape index (κ2) is 9.48. The van der Waals surface area contributed by atoms with Gasteiger partial charge in [-0.3, -0.25) is 4.79 Å². The van der Waals surface area contributed by atoms with E-state index >= 15 is 0 Å². The van der Waals surface area contributed by atoms with Crippen molar-refractivity contribution < 1.29 is 23.6 Å². The normalized spacial score (nSPS) is 12.0. The predicted molar refractivity (Wildman–Crippen MR) is 95.7 cm³/mol. The Morgan fingerprint density at radius 2 is 1.80 bits per heavy atom. The Labute approximate surface area is 153 Å². The van der Waals surface area contributed by atoms with E-state index in [1.165, 1.54) is 24.3 Å². The van der Waals surface area contributed by atoms with E-state index < -0.39 is 6.61 Å². The number of alkyl halides is 2. The zero-order valence-corrected chi connectivity index (χ0v) is 15.3. The van der Waals surface area contributed by atoms with Crippen molar-refractivity contribution >= 4 is 27.5 Å². The number of quaternary nitrogens is 1. The number of rotatable bonds is 8. The van der Waals surface area contributed by atoms with Gasteiger partial charge in [0, 0.05) is 22.1 Å². The van der Waals surface area contributed by atoms with Crippen molar-refractivity contribution in [2.75, 3.05) is 11.9 Å². The number of hydrogen-bond acceptors (Lipinski definition) is 2. The quantitative estimate of drug-likeness (QED) is 0.692. The van der Waals surface area contributed by atoms with Crippen LogP contribution in [0, 0.1) is 0 Å². The molecule has 0 aliphatic carbocycles. The van der Waals surface area contributed by atoms with Gasteiger partial charge >= 0.3 is 6.61 Å². The van der Waals surface area contributed by atoms with Crippen LogP contribution in [0.25, 0.3) is 0 Å². The van der Waals surface area contributed by atoms with Crippen LogP contribution in [0.3, 0.4) is 0 Å². The van der Waals surface area contributed by atoms with E-state index in [9.17, 15) is 13.6 Å². The highest BCUT2D eigenvalue weighted by atomic mass is 79.9. The van der Waals surface area contributed by atoms with E-state index in [1.54, 1.807) is 0 Å². The average Bonchev–Trinajstić information content (AvgIpc) is 2.58. The number of anilines is 1. The fourth-order valence-electron chi connectivity index (χ4n) is 2.43. The van der Waals surface area contributed by atoms with Crippen LogP contribution in [0.4, 0.5) is 14.5 Å². The first kappa shape index (κ1) is 19.3. The summed E-state index contributed by atoms with van der Waals surface area (Å²) in [7, 11) is 0. The second-order valence-corrected chi connectivity index (χ2v) is 6.37. The Balaban J connectivity index is 1.85. The molecule has 0 aliphatic heterocycles. The summed E-state index contributed by atoms with van der Waals surface area (Å²) in [5.41, 5.74) is 1.70. The minimum absolute atomic E-state index is 0.0563. The molecule has 1 amide bonds. The van der Waals surface area contributed by atoms with Crippen molar-refractivity contribution in [3.63, 3.8) is 0 Å². The first-order chi connectivity index (χ1) is 12.0. The summed E-state index contributed by atoms with van der Waals surface area (Å²) in [4.78, 5) is 12.1. The highest BCUT2D eigenvalue weighted by Gasteiger charge is 2.15. The van der Waals surface area contributed by atoms with Crippen molar-refractivity contribution in [1.82, 2.24) is 0 Å². The molecule has 0 fully saturated rings. The third-order valence-electron chi connectivity index (χ3n) is 3.69. The van der Waals surface area contributed by atoms with E-state index in [0.29, 0.717) is 5.69 Å². The molecule has 0 unspecified atom stereocenters. The van der Waals surface area contributed by atoms with Gasteiger partial charge in [0.15, 0.2) is 6.54 Å². The summed E-state index contributed by atoms with van der Waals surface area (Å²) < 4.78 is 29.5. The fourth-order valence-corrected chi connectivity index (χ4v) is 2.69. The zero-order valence-electron chi connectivity index (χ0n) is 13.7. The van der Waals surface area contributed by atoms with Gasteiger partial charge in [-0.1, -0.05) is 35.0 Å². The molecule has 2 aromatic rings. The van der Waals surface area contributed by atoms with Gasteiger partial charge in [-0.25, -0.2) is 0 Å². The maximum absolute atomic E-state index is 12.1. The molecule has 3 N–H and O–H groups in total. The highest BCUT2D eigenvalue weighted by molar-refractivity contribution is 9.10.